The molecule has 1 N–H and O–H groups in total. The monoisotopic (exact) mass is 620 g/mol. The highest BCUT2D eigenvalue weighted by Crippen LogP contribution is 2.38. The molecule has 1 saturated carbocycles. The minimum atomic E-state index is -4.41. The third kappa shape index (κ3) is 8.34. The lowest BCUT2D eigenvalue weighted by molar-refractivity contribution is -0.154. The van der Waals surface area contributed by atoms with E-state index in [0.717, 1.165) is 83.1 Å². The van der Waals surface area contributed by atoms with Crippen LogP contribution in [0.1, 0.15) is 86.2 Å². The van der Waals surface area contributed by atoms with Gasteiger partial charge in [0, 0.05) is 30.1 Å². The third-order valence-corrected chi connectivity index (χ3v) is 9.64. The number of carbonyl (C=O) groups is 2. The minimum absolute atomic E-state index is 0.0229. The molecule has 1 aliphatic carbocycles. The molecule has 3 aromatic rings. The number of carbonyl (C=O) groups excluding carboxylic acids is 2. The summed E-state index contributed by atoms with van der Waals surface area (Å²) in [6.45, 7) is 4.80. The highest BCUT2D eigenvalue weighted by molar-refractivity contribution is 6.01. The smallest absolute Gasteiger partial charge is 0.416 e. The number of nitrogens with zero attached hydrogens (tertiary/aromatic N) is 1. The molecule has 0 aromatic heterocycles. The summed E-state index contributed by atoms with van der Waals surface area (Å²) in [5.41, 5.74) is 1.85. The number of ether oxygens (including phenoxy) is 1. The first kappa shape index (κ1) is 32.7. The predicted octanol–water partition coefficient (Wildman–Crippen LogP) is 8.18. The summed E-state index contributed by atoms with van der Waals surface area (Å²) in [5, 5.41) is 3.16. The number of piperidine rings is 1. The van der Waals surface area contributed by atoms with Gasteiger partial charge in [0.1, 0.15) is 6.10 Å². The van der Waals surface area contributed by atoms with Crippen LogP contribution in [-0.2, 0) is 21.1 Å². The zero-order chi connectivity index (χ0) is 31.9. The van der Waals surface area contributed by atoms with Crippen LogP contribution in [0.5, 0.6) is 0 Å². The molecule has 3 aromatic carbocycles. The predicted molar refractivity (Wildman–Crippen MR) is 170 cm³/mol. The van der Waals surface area contributed by atoms with Crippen LogP contribution < -0.4 is 5.32 Å². The lowest BCUT2D eigenvalue weighted by Gasteiger charge is -2.36. The number of esters is 1. The van der Waals surface area contributed by atoms with E-state index in [4.69, 9.17) is 4.74 Å². The summed E-state index contributed by atoms with van der Waals surface area (Å²) >= 11 is 0. The molecule has 1 atom stereocenters. The van der Waals surface area contributed by atoms with Crippen molar-refractivity contribution in [3.63, 3.8) is 0 Å². The number of nitrogens with one attached hydrogen (secondary N) is 1. The van der Waals surface area contributed by atoms with E-state index < -0.39 is 11.7 Å². The van der Waals surface area contributed by atoms with Crippen molar-refractivity contribution in [3.8, 4) is 11.1 Å². The van der Waals surface area contributed by atoms with E-state index in [1.165, 1.54) is 17.7 Å². The summed E-state index contributed by atoms with van der Waals surface area (Å²) in [7, 11) is 0. The normalized spacial score (nSPS) is 17.7. The first-order valence-electron chi connectivity index (χ1n) is 16.2. The van der Waals surface area contributed by atoms with Crippen molar-refractivity contribution in [1.82, 2.24) is 10.2 Å². The lowest BCUT2D eigenvalue weighted by atomic mass is 9.72. The molecule has 8 heteroatoms. The van der Waals surface area contributed by atoms with Gasteiger partial charge in [-0.1, -0.05) is 67.6 Å². The lowest BCUT2D eigenvalue weighted by Crippen LogP contribution is -2.45. The molecule has 240 valence electrons. The van der Waals surface area contributed by atoms with E-state index in [0.29, 0.717) is 23.1 Å². The van der Waals surface area contributed by atoms with Crippen LogP contribution in [-0.4, -0.2) is 48.6 Å². The fourth-order valence-electron chi connectivity index (χ4n) is 6.60. The van der Waals surface area contributed by atoms with Gasteiger partial charge in [0.05, 0.1) is 12.0 Å². The fourth-order valence-corrected chi connectivity index (χ4v) is 6.60. The number of hydrogen-bond acceptors (Lipinski definition) is 4. The van der Waals surface area contributed by atoms with Crippen molar-refractivity contribution in [3.05, 3.63) is 95.6 Å². The molecule has 0 spiro atoms. The zero-order valence-corrected chi connectivity index (χ0v) is 26.0. The minimum Gasteiger partial charge on any atom is -0.462 e. The summed E-state index contributed by atoms with van der Waals surface area (Å²) < 4.78 is 44.9. The third-order valence-electron chi connectivity index (χ3n) is 9.64. The molecule has 1 unspecified atom stereocenters. The van der Waals surface area contributed by atoms with Crippen LogP contribution in [0.2, 0.25) is 0 Å². The number of halogens is 3. The molecular weight excluding hydrogens is 577 g/mol. The van der Waals surface area contributed by atoms with E-state index in [1.54, 1.807) is 24.3 Å². The number of benzene rings is 3. The standard InChI is InChI=1S/C37H43F3N2O3/c1-2-36(28-10-4-3-5-11-28,26-34(43)45-31-12-8-13-31)22-9-23-42-24-20-30(21-25-42)41-35(44)33-15-7-6-14-32(33)27-16-18-29(19-17-27)37(38,39)40/h3-7,10-11,14-19,30-31H,2,8-9,12-13,20-26H2,1H3,(H,41,44). The second kappa shape index (κ2) is 14.6. The van der Waals surface area contributed by atoms with Gasteiger partial charge in [-0.25, -0.2) is 0 Å². The maximum absolute atomic E-state index is 13.3. The molecule has 1 heterocycles. The summed E-state index contributed by atoms with van der Waals surface area (Å²) in [5.74, 6) is -0.310. The largest absolute Gasteiger partial charge is 0.462 e. The summed E-state index contributed by atoms with van der Waals surface area (Å²) in [6, 6.07) is 22.3. The molecule has 2 fully saturated rings. The molecule has 5 rings (SSSR count). The average Bonchev–Trinajstić information content (AvgIpc) is 3.03. The number of amides is 1. The van der Waals surface area contributed by atoms with Gasteiger partial charge < -0.3 is 15.0 Å². The summed E-state index contributed by atoms with van der Waals surface area (Å²) in [4.78, 5) is 28.7. The van der Waals surface area contributed by atoms with Crippen molar-refractivity contribution >= 4 is 11.9 Å². The van der Waals surface area contributed by atoms with E-state index in [2.05, 4.69) is 29.3 Å². The van der Waals surface area contributed by atoms with Crippen LogP contribution in [0, 0.1) is 0 Å². The van der Waals surface area contributed by atoms with Crippen LogP contribution >= 0.6 is 0 Å². The van der Waals surface area contributed by atoms with E-state index in [1.807, 2.05) is 18.2 Å². The number of hydrogen-bond donors (Lipinski definition) is 1. The van der Waals surface area contributed by atoms with Crippen molar-refractivity contribution in [2.24, 2.45) is 0 Å². The quantitative estimate of drug-likeness (QED) is 0.208. The number of likely N-dealkylation sites (tertiary alicyclic amines) is 1. The Labute approximate surface area is 264 Å². The molecule has 0 bridgehead atoms. The highest BCUT2D eigenvalue weighted by atomic mass is 19.4. The first-order valence-corrected chi connectivity index (χ1v) is 16.2. The van der Waals surface area contributed by atoms with Crippen LogP contribution in [0.25, 0.3) is 11.1 Å². The molecule has 2 aliphatic rings. The van der Waals surface area contributed by atoms with Gasteiger partial charge in [0.25, 0.3) is 5.91 Å². The first-order chi connectivity index (χ1) is 21.7. The molecule has 1 aliphatic heterocycles. The Hall–Kier alpha value is -3.65. The van der Waals surface area contributed by atoms with Gasteiger partial charge in [0.15, 0.2) is 0 Å². The number of alkyl halides is 3. The Morgan fingerprint density at radius 1 is 0.867 bits per heavy atom. The van der Waals surface area contributed by atoms with Gasteiger partial charge in [0.2, 0.25) is 0 Å². The molecule has 1 amide bonds. The molecule has 0 radical (unpaired) electrons. The van der Waals surface area contributed by atoms with Gasteiger partial charge in [-0.3, -0.25) is 9.59 Å². The van der Waals surface area contributed by atoms with Crippen molar-refractivity contribution in [2.45, 2.75) is 88.4 Å². The number of rotatable bonds is 12. The van der Waals surface area contributed by atoms with E-state index >= 15 is 0 Å². The molecule has 5 nitrogen and oxygen atoms in total. The fraction of sp³-hybridized carbons (Fsp3) is 0.459. The zero-order valence-electron chi connectivity index (χ0n) is 26.0. The van der Waals surface area contributed by atoms with Gasteiger partial charge in [-0.15, -0.1) is 0 Å². The Bertz CT molecular complexity index is 1410. The molecule has 45 heavy (non-hydrogen) atoms. The SMILES string of the molecule is CCC(CCCN1CCC(NC(=O)c2ccccc2-c2ccc(C(F)(F)F)cc2)CC1)(CC(=O)OC1CCC1)c1ccccc1. The average molecular weight is 621 g/mol. The van der Waals surface area contributed by atoms with Gasteiger partial charge in [-0.05, 0) is 92.8 Å². The van der Waals surface area contributed by atoms with Crippen LogP contribution in [0.3, 0.4) is 0 Å². The topological polar surface area (TPSA) is 58.6 Å². The second-order valence-corrected chi connectivity index (χ2v) is 12.5. The molecule has 1 saturated heterocycles. The Morgan fingerprint density at radius 2 is 1.53 bits per heavy atom. The Balaban J connectivity index is 1.14. The highest BCUT2D eigenvalue weighted by Gasteiger charge is 2.35. The second-order valence-electron chi connectivity index (χ2n) is 12.5. The van der Waals surface area contributed by atoms with Gasteiger partial charge >= 0.3 is 12.1 Å². The van der Waals surface area contributed by atoms with Gasteiger partial charge in [-0.2, -0.15) is 13.2 Å². The van der Waals surface area contributed by atoms with Crippen molar-refractivity contribution in [1.29, 1.82) is 0 Å². The Kier molecular flexibility index (Phi) is 10.6. The Morgan fingerprint density at radius 3 is 2.16 bits per heavy atom. The maximum Gasteiger partial charge on any atom is 0.416 e. The summed E-state index contributed by atoms with van der Waals surface area (Å²) in [6.07, 6.45) is 3.49. The maximum atomic E-state index is 13.3. The molecular formula is C37H43F3N2O3. The van der Waals surface area contributed by atoms with Crippen LogP contribution in [0.4, 0.5) is 13.2 Å². The van der Waals surface area contributed by atoms with Crippen molar-refractivity contribution < 1.29 is 27.5 Å². The van der Waals surface area contributed by atoms with Crippen molar-refractivity contribution in [2.75, 3.05) is 19.6 Å². The van der Waals surface area contributed by atoms with Crippen LogP contribution in [0.15, 0.2) is 78.9 Å². The van der Waals surface area contributed by atoms with E-state index in [9.17, 15) is 22.8 Å². The van der Waals surface area contributed by atoms with E-state index in [-0.39, 0.29) is 29.4 Å².